The number of rotatable bonds is 23. The van der Waals surface area contributed by atoms with Crippen molar-refractivity contribution < 1.29 is 96.1 Å². The summed E-state index contributed by atoms with van der Waals surface area (Å²) in [6.45, 7) is 5.85. The van der Waals surface area contributed by atoms with E-state index in [9.17, 15) is 73.2 Å². The summed E-state index contributed by atoms with van der Waals surface area (Å²) in [6.07, 6.45) is 2.74. The number of carbonyl (C=O) groups is 11. The van der Waals surface area contributed by atoms with Gasteiger partial charge in [0, 0.05) is 61.9 Å². The van der Waals surface area contributed by atoms with Crippen molar-refractivity contribution in [3.05, 3.63) is 142 Å². The van der Waals surface area contributed by atoms with E-state index in [1.807, 2.05) is 24.3 Å². The lowest BCUT2D eigenvalue weighted by Crippen LogP contribution is -2.69. The molecule has 0 unspecified atom stereocenters. The quantitative estimate of drug-likeness (QED) is 0.0233. The number of aliphatic imine (C=N–C) groups is 1. The first kappa shape index (κ1) is 61.0. The molecular weight excluding hydrogens is 923 g/mol. The van der Waals surface area contributed by atoms with Crippen LogP contribution in [0.4, 0.5) is 0 Å². The van der Waals surface area contributed by atoms with E-state index in [0.29, 0.717) is 23.1 Å². The summed E-state index contributed by atoms with van der Waals surface area (Å²) in [7, 11) is 0. The van der Waals surface area contributed by atoms with Crippen molar-refractivity contribution in [3.63, 3.8) is 0 Å². The largest absolute Gasteiger partial charge is 0.544 e. The van der Waals surface area contributed by atoms with Crippen molar-refractivity contribution in [1.82, 2.24) is 0 Å². The molecule has 4 aromatic carbocycles. The molecule has 0 aliphatic heterocycles. The number of nitrogens with zero attached hydrogens (tertiary/aromatic N) is 1. The molecule has 20 nitrogen and oxygen atoms in total. The van der Waals surface area contributed by atoms with E-state index in [1.165, 1.54) is 45.0 Å². The Labute approximate surface area is 409 Å². The number of hydrogen-bond donors (Lipinski definition) is 4. The van der Waals surface area contributed by atoms with E-state index < -0.39 is 71.2 Å². The minimum atomic E-state index is -1.21. The van der Waals surface area contributed by atoms with Gasteiger partial charge in [0.1, 0.15) is 30.0 Å². The molecule has 4 rings (SSSR count). The number of quaternary nitrogens is 4. The summed E-state index contributed by atoms with van der Waals surface area (Å²) in [5.74, 6) is -7.22. The molecule has 0 saturated carbocycles. The maximum Gasteiger partial charge on any atom is 0.228 e. The van der Waals surface area contributed by atoms with Gasteiger partial charge in [0.2, 0.25) is 17.3 Å². The van der Waals surface area contributed by atoms with Crippen molar-refractivity contribution in [2.45, 2.75) is 90.4 Å². The molecule has 0 spiro atoms. The lowest BCUT2D eigenvalue weighted by Gasteiger charge is -2.09. The Morgan fingerprint density at radius 1 is 0.465 bits per heavy atom. The predicted octanol–water partition coefficient (Wildman–Crippen LogP) is -5.54. The fourth-order valence-electron chi connectivity index (χ4n) is 5.75. The van der Waals surface area contributed by atoms with Crippen molar-refractivity contribution in [3.8, 4) is 0 Å². The van der Waals surface area contributed by atoms with Gasteiger partial charge in [0.15, 0.2) is 17.3 Å². The van der Waals surface area contributed by atoms with Gasteiger partial charge in [-0.2, -0.15) is 0 Å². The van der Waals surface area contributed by atoms with Crippen LogP contribution in [0.25, 0.3) is 0 Å². The predicted molar refractivity (Wildman–Crippen MR) is 245 cm³/mol. The van der Waals surface area contributed by atoms with Gasteiger partial charge < -0.3 is 62.5 Å². The van der Waals surface area contributed by atoms with Crippen LogP contribution >= 0.6 is 0 Å². The molecule has 0 aliphatic rings. The summed E-state index contributed by atoms with van der Waals surface area (Å²) in [4.78, 5) is 124. The van der Waals surface area contributed by atoms with E-state index in [2.05, 4.69) is 27.9 Å². The Morgan fingerprint density at radius 2 is 0.775 bits per heavy atom. The number of benzene rings is 4. The lowest BCUT2D eigenvalue weighted by molar-refractivity contribution is -0.437. The molecule has 12 N–H and O–H groups in total. The third-order valence-electron chi connectivity index (χ3n) is 9.81. The third-order valence-corrected chi connectivity index (χ3v) is 9.81. The highest BCUT2D eigenvalue weighted by molar-refractivity contribution is 6.43. The van der Waals surface area contributed by atoms with Crippen LogP contribution in [0, 0.1) is 0 Å². The van der Waals surface area contributed by atoms with Crippen molar-refractivity contribution in [1.29, 1.82) is 0 Å². The number of hydrogen-bond acceptors (Lipinski definition) is 16. The second-order valence-electron chi connectivity index (χ2n) is 16.2. The van der Waals surface area contributed by atoms with E-state index >= 15 is 0 Å². The van der Waals surface area contributed by atoms with Gasteiger partial charge >= 0.3 is 0 Å². The Balaban J connectivity index is 0.000000473. The first-order valence-electron chi connectivity index (χ1n) is 21.9. The minimum absolute atomic E-state index is 0.0109. The molecule has 0 aromatic heterocycles. The molecule has 0 aliphatic carbocycles. The number of carbonyl (C=O) groups excluding carboxylic acids is 11. The Morgan fingerprint density at radius 3 is 1.06 bits per heavy atom. The Kier molecular flexibility index (Phi) is 26.8. The number of carboxylic acid groups (broad SMARTS) is 4. The highest BCUT2D eigenvalue weighted by Crippen LogP contribution is 2.11. The topological polar surface area (TPSA) is 403 Å². The fourth-order valence-corrected chi connectivity index (χ4v) is 5.75. The number of ketones is 7. The van der Waals surface area contributed by atoms with E-state index in [1.54, 1.807) is 61.7 Å². The van der Waals surface area contributed by atoms with Crippen LogP contribution in [0.1, 0.15) is 99.4 Å². The average molecular weight is 982 g/mol. The number of carboxylic acids is 4. The minimum Gasteiger partial charge on any atom is -0.544 e. The zero-order valence-corrected chi connectivity index (χ0v) is 40.0. The molecule has 378 valence electrons. The molecule has 71 heavy (non-hydrogen) atoms. The first-order chi connectivity index (χ1) is 33.2. The molecule has 20 heteroatoms. The molecule has 0 radical (unpaired) electrons. The standard InChI is InChI=1S/C13H16N2O3.2C13H15NO4.C12H13NO4/c1-9(16)7-15-8-11-4-2-10(3-5-11)6-12(14)13(17)18;1-8(15)6-12(16)10-4-2-9(3-5-10)7-11(14)13(17)18;1-2-11(15)12(16)9-5-3-8(4-6-9)7-10(14)13(17)18;1-7(14)11(15)9-4-2-8(3-5-9)6-10(13)12(16)17/h2-5,8,12H,6-7,14H2,1H3,(H,17,18);2-5,11H,6-7,14H2,1H3,(H,17,18);3-6,10H,2,7,14H2,1H3,(H,17,18);2-5,10H,6,13H2,1H3,(H,16,17)/t12-;11-;2*10-/m0000/s1. The van der Waals surface area contributed by atoms with Crippen LogP contribution in [-0.4, -0.2) is 101 Å². The van der Waals surface area contributed by atoms with E-state index in [-0.39, 0.29) is 56.0 Å². The number of aliphatic carboxylic acids is 4. The van der Waals surface area contributed by atoms with Crippen molar-refractivity contribution >= 4 is 70.6 Å². The number of Topliss-reactive ketones (excluding diaryl/α,β-unsaturated/α-hetero) is 7. The molecule has 0 amide bonds. The van der Waals surface area contributed by atoms with Crippen LogP contribution in [0.3, 0.4) is 0 Å². The maximum absolute atomic E-state index is 11.6. The summed E-state index contributed by atoms with van der Waals surface area (Å²) in [5, 5.41) is 42.1. The van der Waals surface area contributed by atoms with Gasteiger partial charge in [-0.3, -0.25) is 38.6 Å². The van der Waals surface area contributed by atoms with Gasteiger partial charge in [0.05, 0.1) is 36.8 Å². The summed E-state index contributed by atoms with van der Waals surface area (Å²) < 4.78 is 0. The zero-order valence-electron chi connectivity index (χ0n) is 40.0. The maximum atomic E-state index is 11.6. The van der Waals surface area contributed by atoms with Gasteiger partial charge in [-0.1, -0.05) is 104 Å². The van der Waals surface area contributed by atoms with Gasteiger partial charge in [-0.25, -0.2) is 0 Å². The van der Waals surface area contributed by atoms with Crippen LogP contribution in [0.15, 0.2) is 102 Å². The highest BCUT2D eigenvalue weighted by atomic mass is 16.4. The van der Waals surface area contributed by atoms with Crippen molar-refractivity contribution in [2.75, 3.05) is 6.54 Å². The Bertz CT molecular complexity index is 2540. The molecular formula is C51H59N5O15. The SMILES string of the molecule is CC(=O)C(=O)c1ccc(C[C@H]([NH3+])C(=O)[O-])cc1.CC(=O)CC(=O)c1ccc(C[C@H]([NH3+])C(=O)[O-])cc1.CC(=O)CN=Cc1ccc(C[C@H]([NH3+])C(=O)[O-])cc1.CCC(=O)C(=O)c1ccc(C[C@H]([NH3+])C(=O)[O-])cc1. The normalized spacial score (nSPS) is 12.1. The van der Waals surface area contributed by atoms with E-state index in [0.717, 1.165) is 27.8 Å². The van der Waals surface area contributed by atoms with E-state index in [4.69, 9.17) is 0 Å². The third kappa shape index (κ3) is 24.2. The molecule has 0 bridgehead atoms. The Hall–Kier alpha value is -8.04. The van der Waals surface area contributed by atoms with Gasteiger partial charge in [0.25, 0.3) is 0 Å². The van der Waals surface area contributed by atoms with Gasteiger partial charge in [-0.05, 0) is 41.7 Å². The smallest absolute Gasteiger partial charge is 0.228 e. The second kappa shape index (κ2) is 31.2. The zero-order chi connectivity index (χ0) is 54.0. The first-order valence-corrected chi connectivity index (χ1v) is 21.9. The second-order valence-corrected chi connectivity index (χ2v) is 16.2. The molecule has 0 fully saturated rings. The highest BCUT2D eigenvalue weighted by Gasteiger charge is 2.16. The molecule has 4 aromatic rings. The van der Waals surface area contributed by atoms with Crippen molar-refractivity contribution in [2.24, 2.45) is 4.99 Å². The fraction of sp³-hybridized carbons (Fsp3) is 0.294. The van der Waals surface area contributed by atoms with Crippen LogP contribution in [-0.2, 0) is 64.0 Å². The molecule has 0 saturated heterocycles. The summed E-state index contributed by atoms with van der Waals surface area (Å²) in [5.41, 5.74) is 18.9. The lowest BCUT2D eigenvalue weighted by atomic mass is 10.0. The van der Waals surface area contributed by atoms with Gasteiger partial charge in [-0.15, -0.1) is 0 Å². The average Bonchev–Trinajstić information content (AvgIpc) is 3.32. The molecule has 4 atom stereocenters. The van der Waals surface area contributed by atoms with Crippen LogP contribution in [0.5, 0.6) is 0 Å². The summed E-state index contributed by atoms with van der Waals surface area (Å²) in [6, 6.07) is 23.0. The summed E-state index contributed by atoms with van der Waals surface area (Å²) >= 11 is 0. The van der Waals surface area contributed by atoms with Crippen LogP contribution < -0.4 is 43.4 Å². The van der Waals surface area contributed by atoms with Crippen LogP contribution in [0.2, 0.25) is 0 Å². The monoisotopic (exact) mass is 981 g/mol. The molecule has 0 heterocycles.